The Morgan fingerprint density at radius 1 is 1.12 bits per heavy atom. The molecule has 0 aliphatic heterocycles. The van der Waals surface area contributed by atoms with Crippen LogP contribution in [0.2, 0.25) is 10.0 Å². The highest BCUT2D eigenvalue weighted by Gasteiger charge is 2.24. The van der Waals surface area contributed by atoms with Gasteiger partial charge in [-0.15, -0.1) is 0 Å². The predicted molar refractivity (Wildman–Crippen MR) is 90.6 cm³/mol. The van der Waals surface area contributed by atoms with E-state index in [2.05, 4.69) is 0 Å². The average molecular weight is 408 g/mol. The summed E-state index contributed by atoms with van der Waals surface area (Å²) in [6.07, 6.45) is 0. The lowest BCUT2D eigenvalue weighted by Gasteiger charge is -2.12. The van der Waals surface area contributed by atoms with Crippen molar-refractivity contribution in [1.82, 2.24) is 4.72 Å². The predicted octanol–water partition coefficient (Wildman–Crippen LogP) is 3.27. The molecule has 1 N–H and O–H groups in total. The van der Waals surface area contributed by atoms with Crippen LogP contribution >= 0.6 is 23.2 Å². The van der Waals surface area contributed by atoms with E-state index >= 15 is 0 Å². The maximum Gasteiger partial charge on any atom is 0.267 e. The van der Waals surface area contributed by atoms with Gasteiger partial charge < -0.3 is 9.47 Å². The van der Waals surface area contributed by atoms with Crippen molar-refractivity contribution >= 4 is 39.1 Å². The summed E-state index contributed by atoms with van der Waals surface area (Å²) >= 11 is 11.6. The molecule has 2 aromatic rings. The fourth-order valence-corrected chi connectivity index (χ4v) is 3.46. The van der Waals surface area contributed by atoms with E-state index in [-0.39, 0.29) is 27.1 Å². The third-order valence-electron chi connectivity index (χ3n) is 3.11. The smallest absolute Gasteiger partial charge is 0.267 e. The lowest BCUT2D eigenvalue weighted by molar-refractivity contribution is 0.0981. The maximum absolute atomic E-state index is 13.8. The number of amides is 1. The van der Waals surface area contributed by atoms with E-state index < -0.39 is 26.6 Å². The zero-order valence-electron chi connectivity index (χ0n) is 13.0. The van der Waals surface area contributed by atoms with Crippen molar-refractivity contribution in [3.05, 3.63) is 51.8 Å². The van der Waals surface area contributed by atoms with E-state index in [0.29, 0.717) is 0 Å². The number of methoxy groups -OCH3 is 2. The number of hydrogen-bond donors (Lipinski definition) is 1. The molecular weight excluding hydrogens is 396 g/mol. The molecule has 134 valence electrons. The molecular formula is C15H12Cl2FNO5S. The first-order chi connectivity index (χ1) is 11.7. The van der Waals surface area contributed by atoms with Crippen molar-refractivity contribution in [1.29, 1.82) is 0 Å². The van der Waals surface area contributed by atoms with E-state index in [1.165, 1.54) is 32.4 Å². The van der Waals surface area contributed by atoms with Gasteiger partial charge in [0.05, 0.1) is 19.2 Å². The number of benzene rings is 2. The standard InChI is InChI=1S/C15H12Cl2FNO5S/c1-23-12-6-8(5-10(17)14(12)24-2)15(20)19-25(21,22)13-4-3-9(16)7-11(13)18/h3-7H,1-2H3,(H,19,20). The summed E-state index contributed by atoms with van der Waals surface area (Å²) in [5.41, 5.74) is -0.111. The molecule has 0 radical (unpaired) electrons. The number of carbonyl (C=O) groups is 1. The second kappa shape index (κ2) is 7.47. The molecule has 0 aromatic heterocycles. The third-order valence-corrected chi connectivity index (χ3v) is 4.99. The zero-order valence-corrected chi connectivity index (χ0v) is 15.3. The highest BCUT2D eigenvalue weighted by atomic mass is 35.5. The number of rotatable bonds is 5. The number of nitrogens with one attached hydrogen (secondary N) is 1. The van der Waals surface area contributed by atoms with Crippen molar-refractivity contribution in [2.75, 3.05) is 14.2 Å². The number of halogens is 3. The third kappa shape index (κ3) is 4.15. The normalized spacial score (nSPS) is 11.1. The van der Waals surface area contributed by atoms with Crippen LogP contribution < -0.4 is 14.2 Å². The summed E-state index contributed by atoms with van der Waals surface area (Å²) in [5, 5.41) is 0.0662. The first-order valence-electron chi connectivity index (χ1n) is 6.63. The van der Waals surface area contributed by atoms with Crippen LogP contribution in [0, 0.1) is 5.82 Å². The summed E-state index contributed by atoms with van der Waals surface area (Å²) in [6.45, 7) is 0. The molecule has 1 amide bonds. The minimum absolute atomic E-state index is 0.0226. The van der Waals surface area contributed by atoms with Crippen molar-refractivity contribution < 1.29 is 27.1 Å². The molecule has 0 heterocycles. The summed E-state index contributed by atoms with van der Waals surface area (Å²) in [5.74, 6) is -1.78. The fraction of sp³-hybridized carbons (Fsp3) is 0.133. The highest BCUT2D eigenvalue weighted by molar-refractivity contribution is 7.90. The largest absolute Gasteiger partial charge is 0.493 e. The van der Waals surface area contributed by atoms with Crippen molar-refractivity contribution in [3.8, 4) is 11.5 Å². The Bertz CT molecular complexity index is 934. The molecule has 2 rings (SSSR count). The molecule has 0 fully saturated rings. The molecule has 0 saturated heterocycles. The minimum Gasteiger partial charge on any atom is -0.493 e. The maximum atomic E-state index is 13.8. The average Bonchev–Trinajstić information content (AvgIpc) is 2.53. The second-order valence-electron chi connectivity index (χ2n) is 4.70. The van der Waals surface area contributed by atoms with Gasteiger partial charge in [-0.05, 0) is 30.3 Å². The zero-order chi connectivity index (χ0) is 18.8. The van der Waals surface area contributed by atoms with Crippen LogP contribution in [0.15, 0.2) is 35.2 Å². The van der Waals surface area contributed by atoms with Crippen LogP contribution in [0.3, 0.4) is 0 Å². The van der Waals surface area contributed by atoms with E-state index in [4.69, 9.17) is 32.7 Å². The Morgan fingerprint density at radius 2 is 1.80 bits per heavy atom. The lowest BCUT2D eigenvalue weighted by Crippen LogP contribution is -2.31. The van der Waals surface area contributed by atoms with Gasteiger partial charge in [-0.25, -0.2) is 17.5 Å². The van der Waals surface area contributed by atoms with Gasteiger partial charge in [-0.1, -0.05) is 23.2 Å². The molecule has 0 aliphatic rings. The highest BCUT2D eigenvalue weighted by Crippen LogP contribution is 2.36. The van der Waals surface area contributed by atoms with Crippen LogP contribution in [-0.4, -0.2) is 28.5 Å². The van der Waals surface area contributed by atoms with Crippen molar-refractivity contribution in [2.45, 2.75) is 4.90 Å². The molecule has 0 atom stereocenters. The van der Waals surface area contributed by atoms with E-state index in [9.17, 15) is 17.6 Å². The summed E-state index contributed by atoms with van der Waals surface area (Å²) in [7, 11) is -1.76. The van der Waals surface area contributed by atoms with Crippen molar-refractivity contribution in [3.63, 3.8) is 0 Å². The van der Waals surface area contributed by atoms with E-state index in [1.807, 2.05) is 0 Å². The van der Waals surface area contributed by atoms with E-state index in [0.717, 1.165) is 12.1 Å². The Labute approximate surface area is 153 Å². The van der Waals surface area contributed by atoms with Crippen LogP contribution in [0.1, 0.15) is 10.4 Å². The Morgan fingerprint density at radius 3 is 2.36 bits per heavy atom. The molecule has 0 saturated carbocycles. The van der Waals surface area contributed by atoms with Crippen LogP contribution in [0.4, 0.5) is 4.39 Å². The van der Waals surface area contributed by atoms with Gasteiger partial charge in [-0.3, -0.25) is 4.79 Å². The van der Waals surface area contributed by atoms with Gasteiger partial charge in [0.1, 0.15) is 10.7 Å². The molecule has 0 unspecified atom stereocenters. The van der Waals surface area contributed by atoms with Crippen LogP contribution in [-0.2, 0) is 10.0 Å². The molecule has 10 heteroatoms. The lowest BCUT2D eigenvalue weighted by atomic mass is 10.2. The molecule has 0 bridgehead atoms. The Balaban J connectivity index is 2.37. The number of hydrogen-bond acceptors (Lipinski definition) is 5. The van der Waals surface area contributed by atoms with Gasteiger partial charge >= 0.3 is 0 Å². The topological polar surface area (TPSA) is 81.7 Å². The number of sulfonamides is 1. The van der Waals surface area contributed by atoms with Gasteiger partial charge in [0.25, 0.3) is 15.9 Å². The molecule has 25 heavy (non-hydrogen) atoms. The van der Waals surface area contributed by atoms with Crippen LogP contribution in [0.25, 0.3) is 0 Å². The fourth-order valence-electron chi connectivity index (χ4n) is 1.98. The number of ether oxygens (including phenoxy) is 2. The van der Waals surface area contributed by atoms with Gasteiger partial charge in [0.2, 0.25) is 0 Å². The molecule has 0 aliphatic carbocycles. The minimum atomic E-state index is -4.45. The number of carbonyl (C=O) groups excluding carboxylic acids is 1. The Hall–Kier alpha value is -2.03. The van der Waals surface area contributed by atoms with Crippen LogP contribution in [0.5, 0.6) is 11.5 Å². The first kappa shape index (κ1) is 19.3. The molecule has 0 spiro atoms. The Kier molecular flexibility index (Phi) is 5.76. The van der Waals surface area contributed by atoms with Gasteiger partial charge in [-0.2, -0.15) is 0 Å². The quantitative estimate of drug-likeness (QED) is 0.822. The summed E-state index contributed by atoms with van der Waals surface area (Å²) < 4.78 is 50.1. The molecule has 6 nitrogen and oxygen atoms in total. The monoisotopic (exact) mass is 407 g/mol. The molecule has 2 aromatic carbocycles. The second-order valence-corrected chi connectivity index (χ2v) is 7.20. The van der Waals surface area contributed by atoms with Crippen molar-refractivity contribution in [2.24, 2.45) is 0 Å². The SMILES string of the molecule is COc1cc(C(=O)NS(=O)(=O)c2ccc(Cl)cc2F)cc(Cl)c1OC. The first-order valence-corrected chi connectivity index (χ1v) is 8.87. The van der Waals surface area contributed by atoms with E-state index in [1.54, 1.807) is 4.72 Å². The summed E-state index contributed by atoms with van der Waals surface area (Å²) in [4.78, 5) is 11.5. The summed E-state index contributed by atoms with van der Waals surface area (Å²) in [6, 6.07) is 5.42. The van der Waals surface area contributed by atoms with Gasteiger partial charge in [0, 0.05) is 10.6 Å². The van der Waals surface area contributed by atoms with Gasteiger partial charge in [0.15, 0.2) is 11.5 Å².